The summed E-state index contributed by atoms with van der Waals surface area (Å²) in [5.41, 5.74) is 9.12. The SMILES string of the molecule is N=C(N)c1cc(Br)ccc1N1CCc2ccc(F)cc21. The predicted octanol–water partition coefficient (Wildman–Crippen LogP) is 3.57. The Bertz CT molecular complexity index is 700. The molecule has 0 spiro atoms. The lowest BCUT2D eigenvalue weighted by Gasteiger charge is -2.22. The van der Waals surface area contributed by atoms with Crippen LogP contribution in [0.5, 0.6) is 0 Å². The van der Waals surface area contributed by atoms with Crippen molar-refractivity contribution in [3.8, 4) is 0 Å². The summed E-state index contributed by atoms with van der Waals surface area (Å²) in [6.07, 6.45) is 0.864. The summed E-state index contributed by atoms with van der Waals surface area (Å²) >= 11 is 3.39. The second-order valence-electron chi connectivity index (χ2n) is 4.75. The Morgan fingerprint density at radius 2 is 2.00 bits per heavy atom. The average Bonchev–Trinajstić information content (AvgIpc) is 2.81. The van der Waals surface area contributed by atoms with Crippen LogP contribution < -0.4 is 10.6 Å². The lowest BCUT2D eigenvalue weighted by Crippen LogP contribution is -2.20. The number of hydrogen-bond acceptors (Lipinski definition) is 2. The number of fused-ring (bicyclic) bond motifs is 1. The van der Waals surface area contributed by atoms with Crippen LogP contribution in [0, 0.1) is 11.2 Å². The van der Waals surface area contributed by atoms with Crippen molar-refractivity contribution in [3.05, 3.63) is 57.8 Å². The number of anilines is 2. The van der Waals surface area contributed by atoms with Gasteiger partial charge in [-0.05, 0) is 42.3 Å². The van der Waals surface area contributed by atoms with Gasteiger partial charge in [0, 0.05) is 22.3 Å². The molecule has 0 aromatic heterocycles. The largest absolute Gasteiger partial charge is 0.384 e. The molecule has 2 aromatic rings. The summed E-state index contributed by atoms with van der Waals surface area (Å²) in [6.45, 7) is 0.765. The van der Waals surface area contributed by atoms with Crippen LogP contribution in [0.25, 0.3) is 0 Å². The maximum atomic E-state index is 13.5. The molecule has 20 heavy (non-hydrogen) atoms. The van der Waals surface area contributed by atoms with E-state index in [1.165, 1.54) is 12.1 Å². The Labute approximate surface area is 124 Å². The Kier molecular flexibility index (Phi) is 3.22. The van der Waals surface area contributed by atoms with Crippen molar-refractivity contribution >= 4 is 33.1 Å². The zero-order valence-corrected chi connectivity index (χ0v) is 12.2. The van der Waals surface area contributed by atoms with E-state index in [1.54, 1.807) is 0 Å². The lowest BCUT2D eigenvalue weighted by molar-refractivity contribution is 0.628. The highest BCUT2D eigenvalue weighted by Crippen LogP contribution is 2.37. The minimum absolute atomic E-state index is 0.00570. The molecule has 2 aromatic carbocycles. The maximum Gasteiger partial charge on any atom is 0.125 e. The normalized spacial score (nSPS) is 13.4. The molecule has 3 nitrogen and oxygen atoms in total. The molecule has 102 valence electrons. The molecule has 5 heteroatoms. The number of nitrogen functional groups attached to an aromatic ring is 1. The van der Waals surface area contributed by atoms with Gasteiger partial charge in [0.15, 0.2) is 0 Å². The fourth-order valence-corrected chi connectivity index (χ4v) is 2.92. The minimum Gasteiger partial charge on any atom is -0.384 e. The Morgan fingerprint density at radius 3 is 2.75 bits per heavy atom. The van der Waals surface area contributed by atoms with E-state index in [9.17, 15) is 4.39 Å². The molecule has 0 radical (unpaired) electrons. The second kappa shape index (κ2) is 4.90. The standard InChI is InChI=1S/C15H13BrFN3/c16-10-2-4-13(12(7-10)15(18)19)20-6-5-9-1-3-11(17)8-14(9)20/h1-4,7-8H,5-6H2,(H3,18,19). The van der Waals surface area contributed by atoms with Crippen molar-refractivity contribution < 1.29 is 4.39 Å². The first-order chi connectivity index (χ1) is 9.56. The number of amidine groups is 1. The van der Waals surface area contributed by atoms with E-state index in [4.69, 9.17) is 11.1 Å². The third kappa shape index (κ3) is 2.18. The first-order valence-corrected chi connectivity index (χ1v) is 7.05. The Hall–Kier alpha value is -1.88. The van der Waals surface area contributed by atoms with E-state index in [1.807, 2.05) is 29.2 Å². The molecule has 3 N–H and O–H groups in total. The van der Waals surface area contributed by atoms with Gasteiger partial charge in [-0.2, -0.15) is 0 Å². The molecule has 1 heterocycles. The lowest BCUT2D eigenvalue weighted by atomic mass is 10.1. The zero-order valence-electron chi connectivity index (χ0n) is 10.7. The number of nitrogens with zero attached hydrogens (tertiary/aromatic N) is 1. The molecular formula is C15H13BrFN3. The highest BCUT2D eigenvalue weighted by molar-refractivity contribution is 9.10. The summed E-state index contributed by atoms with van der Waals surface area (Å²) in [5.74, 6) is -0.247. The molecule has 1 aliphatic rings. The monoisotopic (exact) mass is 333 g/mol. The van der Waals surface area contributed by atoms with Gasteiger partial charge in [-0.1, -0.05) is 22.0 Å². The fraction of sp³-hybridized carbons (Fsp3) is 0.133. The minimum atomic E-state index is -0.253. The molecule has 1 aliphatic heterocycles. The third-order valence-corrected chi connectivity index (χ3v) is 3.98. The summed E-state index contributed by atoms with van der Waals surface area (Å²) in [6, 6.07) is 10.5. The van der Waals surface area contributed by atoms with Crippen molar-refractivity contribution in [2.45, 2.75) is 6.42 Å². The number of rotatable bonds is 2. The van der Waals surface area contributed by atoms with Gasteiger partial charge in [-0.25, -0.2) is 4.39 Å². The molecule has 0 amide bonds. The quantitative estimate of drug-likeness (QED) is 0.652. The van der Waals surface area contributed by atoms with Crippen LogP contribution in [0.3, 0.4) is 0 Å². The van der Waals surface area contributed by atoms with Gasteiger partial charge in [0.1, 0.15) is 11.7 Å². The predicted molar refractivity (Wildman–Crippen MR) is 82.3 cm³/mol. The molecule has 0 saturated carbocycles. The maximum absolute atomic E-state index is 13.5. The second-order valence-corrected chi connectivity index (χ2v) is 5.67. The van der Waals surface area contributed by atoms with E-state index < -0.39 is 0 Å². The van der Waals surface area contributed by atoms with Gasteiger partial charge < -0.3 is 10.6 Å². The molecule has 0 aliphatic carbocycles. The van der Waals surface area contributed by atoms with Crippen molar-refractivity contribution in [2.24, 2.45) is 5.73 Å². The van der Waals surface area contributed by atoms with Crippen LogP contribution >= 0.6 is 15.9 Å². The molecule has 0 fully saturated rings. The third-order valence-electron chi connectivity index (χ3n) is 3.48. The summed E-state index contributed by atoms with van der Waals surface area (Å²) in [5, 5.41) is 7.72. The number of halogens is 2. The van der Waals surface area contributed by atoms with Gasteiger partial charge in [0.05, 0.1) is 5.69 Å². The molecule has 3 rings (SSSR count). The Morgan fingerprint density at radius 1 is 1.20 bits per heavy atom. The Balaban J connectivity index is 2.13. The van der Waals surface area contributed by atoms with Crippen LogP contribution in [-0.4, -0.2) is 12.4 Å². The number of nitrogens with one attached hydrogen (secondary N) is 1. The van der Waals surface area contributed by atoms with Gasteiger partial charge in [0.25, 0.3) is 0 Å². The fourth-order valence-electron chi connectivity index (χ4n) is 2.56. The van der Waals surface area contributed by atoms with Crippen LogP contribution in [-0.2, 0) is 6.42 Å². The zero-order chi connectivity index (χ0) is 14.3. The van der Waals surface area contributed by atoms with Gasteiger partial charge in [-0.3, -0.25) is 5.41 Å². The molecule has 0 bridgehead atoms. The van der Waals surface area contributed by atoms with Crippen LogP contribution in [0.15, 0.2) is 40.9 Å². The van der Waals surface area contributed by atoms with E-state index in [0.717, 1.165) is 34.4 Å². The number of nitrogens with two attached hydrogens (primary N) is 1. The molecular weight excluding hydrogens is 321 g/mol. The van der Waals surface area contributed by atoms with Crippen molar-refractivity contribution in [1.29, 1.82) is 5.41 Å². The van der Waals surface area contributed by atoms with E-state index in [-0.39, 0.29) is 11.7 Å². The number of benzene rings is 2. The molecule has 0 saturated heterocycles. The van der Waals surface area contributed by atoms with E-state index >= 15 is 0 Å². The van der Waals surface area contributed by atoms with E-state index in [2.05, 4.69) is 15.9 Å². The highest BCUT2D eigenvalue weighted by Gasteiger charge is 2.23. The van der Waals surface area contributed by atoms with Crippen LogP contribution in [0.4, 0.5) is 15.8 Å². The topological polar surface area (TPSA) is 53.1 Å². The summed E-state index contributed by atoms with van der Waals surface area (Å²) in [4.78, 5) is 2.02. The van der Waals surface area contributed by atoms with Gasteiger partial charge in [-0.15, -0.1) is 0 Å². The van der Waals surface area contributed by atoms with Crippen LogP contribution in [0.1, 0.15) is 11.1 Å². The first-order valence-electron chi connectivity index (χ1n) is 6.26. The van der Waals surface area contributed by atoms with Crippen LogP contribution in [0.2, 0.25) is 0 Å². The summed E-state index contributed by atoms with van der Waals surface area (Å²) < 4.78 is 14.3. The summed E-state index contributed by atoms with van der Waals surface area (Å²) in [7, 11) is 0. The smallest absolute Gasteiger partial charge is 0.125 e. The molecule has 0 atom stereocenters. The highest BCUT2D eigenvalue weighted by atomic mass is 79.9. The van der Waals surface area contributed by atoms with Gasteiger partial charge >= 0.3 is 0 Å². The van der Waals surface area contributed by atoms with Gasteiger partial charge in [0.2, 0.25) is 0 Å². The van der Waals surface area contributed by atoms with E-state index in [0.29, 0.717) is 5.56 Å². The van der Waals surface area contributed by atoms with Crippen molar-refractivity contribution in [2.75, 3.05) is 11.4 Å². The van der Waals surface area contributed by atoms with Crippen molar-refractivity contribution in [3.63, 3.8) is 0 Å². The van der Waals surface area contributed by atoms with Crippen molar-refractivity contribution in [1.82, 2.24) is 0 Å². The average molecular weight is 334 g/mol. The molecule has 0 unspecified atom stereocenters. The number of hydrogen-bond donors (Lipinski definition) is 2. The first kappa shape index (κ1) is 13.1.